The van der Waals surface area contributed by atoms with Gasteiger partial charge in [0, 0.05) is 28.2 Å². The highest BCUT2D eigenvalue weighted by atomic mass is 79.9. The first kappa shape index (κ1) is 26.5. The van der Waals surface area contributed by atoms with E-state index >= 15 is 0 Å². The van der Waals surface area contributed by atoms with Gasteiger partial charge in [-0.2, -0.15) is 0 Å². The monoisotopic (exact) mass is 528 g/mol. The molecule has 3 unspecified atom stereocenters. The van der Waals surface area contributed by atoms with E-state index in [1.54, 1.807) is 0 Å². The molecule has 1 aliphatic carbocycles. The van der Waals surface area contributed by atoms with Gasteiger partial charge < -0.3 is 10.5 Å². The summed E-state index contributed by atoms with van der Waals surface area (Å²) in [5.74, 6) is 0. The Hall–Kier alpha value is -0.780. The number of fused-ring (bicyclic) bond motifs is 4. The quantitative estimate of drug-likeness (QED) is 0.456. The van der Waals surface area contributed by atoms with Crippen LogP contribution in [0, 0.1) is 5.41 Å². The number of nitrogen functional groups attached to an aromatic ring is 1. The predicted molar refractivity (Wildman–Crippen MR) is 139 cm³/mol. The highest BCUT2D eigenvalue weighted by Crippen LogP contribution is 2.58. The predicted octanol–water partition coefficient (Wildman–Crippen LogP) is 6.39. The second-order valence-electron chi connectivity index (χ2n) is 9.62. The van der Waals surface area contributed by atoms with Crippen LogP contribution in [0.15, 0.2) is 46.9 Å². The zero-order chi connectivity index (χ0) is 20.8. The van der Waals surface area contributed by atoms with E-state index in [0.717, 1.165) is 31.6 Å². The summed E-state index contributed by atoms with van der Waals surface area (Å²) in [6, 6.07) is 15.1. The SMILES string of the molecule is CC(CN1CCC2(C)c3c(Br)ccc(N)c3CC1C2(C)C)OCc1ccccc1.Cl.Cl. The summed E-state index contributed by atoms with van der Waals surface area (Å²) in [6.07, 6.45) is 2.34. The van der Waals surface area contributed by atoms with Crippen LogP contribution < -0.4 is 5.73 Å². The molecule has 0 amide bonds. The third-order valence-electron chi connectivity index (χ3n) is 7.71. The number of piperidine rings is 1. The van der Waals surface area contributed by atoms with Gasteiger partial charge in [-0.1, -0.05) is 67.0 Å². The van der Waals surface area contributed by atoms with Gasteiger partial charge in [0.15, 0.2) is 0 Å². The lowest BCUT2D eigenvalue weighted by Gasteiger charge is -2.61. The third-order valence-corrected chi connectivity index (χ3v) is 8.37. The van der Waals surface area contributed by atoms with E-state index < -0.39 is 0 Å². The molecule has 1 fully saturated rings. The summed E-state index contributed by atoms with van der Waals surface area (Å²) in [6.45, 7) is 12.3. The highest BCUT2D eigenvalue weighted by molar-refractivity contribution is 9.10. The fourth-order valence-electron chi connectivity index (χ4n) is 5.56. The molecule has 0 saturated carbocycles. The van der Waals surface area contributed by atoms with Crippen molar-refractivity contribution in [2.24, 2.45) is 5.41 Å². The average molecular weight is 530 g/mol. The number of halogens is 3. The van der Waals surface area contributed by atoms with Crippen molar-refractivity contribution >= 4 is 46.4 Å². The number of nitrogens with two attached hydrogens (primary N) is 1. The number of rotatable bonds is 5. The minimum Gasteiger partial charge on any atom is -0.398 e. The molecular formula is C25H35BrCl2N2O. The van der Waals surface area contributed by atoms with Gasteiger partial charge in [-0.25, -0.2) is 0 Å². The summed E-state index contributed by atoms with van der Waals surface area (Å²) < 4.78 is 7.41. The maximum absolute atomic E-state index is 6.46. The summed E-state index contributed by atoms with van der Waals surface area (Å²) in [5.41, 5.74) is 11.7. The molecule has 1 saturated heterocycles. The summed E-state index contributed by atoms with van der Waals surface area (Å²) >= 11 is 3.84. The highest BCUT2D eigenvalue weighted by Gasteiger charge is 2.56. The van der Waals surface area contributed by atoms with Gasteiger partial charge in [0.25, 0.3) is 0 Å². The van der Waals surface area contributed by atoms with Crippen molar-refractivity contribution in [2.75, 3.05) is 18.8 Å². The van der Waals surface area contributed by atoms with Crippen LogP contribution in [-0.4, -0.2) is 30.1 Å². The molecule has 31 heavy (non-hydrogen) atoms. The normalized spacial score (nSPS) is 25.0. The molecule has 0 spiro atoms. The van der Waals surface area contributed by atoms with Gasteiger partial charge in [-0.05, 0) is 60.5 Å². The molecule has 3 atom stereocenters. The molecule has 2 N–H and O–H groups in total. The van der Waals surface area contributed by atoms with Crippen LogP contribution in [0.2, 0.25) is 0 Å². The number of hydrogen-bond acceptors (Lipinski definition) is 3. The number of nitrogens with zero attached hydrogens (tertiary/aromatic N) is 1. The first-order chi connectivity index (χ1) is 13.7. The van der Waals surface area contributed by atoms with E-state index in [1.807, 2.05) is 6.07 Å². The van der Waals surface area contributed by atoms with Crippen molar-refractivity contribution < 1.29 is 4.74 Å². The van der Waals surface area contributed by atoms with E-state index in [1.165, 1.54) is 21.2 Å². The molecule has 2 aromatic carbocycles. The lowest BCUT2D eigenvalue weighted by Crippen LogP contribution is -2.64. The summed E-state index contributed by atoms with van der Waals surface area (Å²) in [4.78, 5) is 2.65. The van der Waals surface area contributed by atoms with Gasteiger partial charge in [0.05, 0.1) is 12.7 Å². The van der Waals surface area contributed by atoms with Crippen LogP contribution >= 0.6 is 40.7 Å². The van der Waals surface area contributed by atoms with Crippen molar-refractivity contribution in [2.45, 2.75) is 64.7 Å². The minimum atomic E-state index is 0. The van der Waals surface area contributed by atoms with Crippen molar-refractivity contribution in [1.29, 1.82) is 0 Å². The molecule has 4 rings (SSSR count). The van der Waals surface area contributed by atoms with E-state index in [4.69, 9.17) is 10.5 Å². The van der Waals surface area contributed by atoms with E-state index in [2.05, 4.69) is 84.9 Å². The molecule has 0 aromatic heterocycles. The molecule has 1 aliphatic heterocycles. The van der Waals surface area contributed by atoms with Crippen LogP contribution in [0.5, 0.6) is 0 Å². The Morgan fingerprint density at radius 3 is 2.48 bits per heavy atom. The molecule has 2 aromatic rings. The van der Waals surface area contributed by atoms with Gasteiger partial charge in [-0.15, -0.1) is 24.8 Å². The van der Waals surface area contributed by atoms with Crippen LogP contribution in [0.1, 0.15) is 50.8 Å². The number of ether oxygens (including phenoxy) is 1. The van der Waals surface area contributed by atoms with E-state index in [-0.39, 0.29) is 41.7 Å². The zero-order valence-corrected chi connectivity index (χ0v) is 22.1. The second kappa shape index (κ2) is 10.0. The van der Waals surface area contributed by atoms with Crippen LogP contribution in [0.3, 0.4) is 0 Å². The van der Waals surface area contributed by atoms with Crippen LogP contribution in [0.25, 0.3) is 0 Å². The van der Waals surface area contributed by atoms with Crippen molar-refractivity contribution in [3.8, 4) is 0 Å². The molecule has 2 aliphatic rings. The third kappa shape index (κ3) is 4.65. The maximum Gasteiger partial charge on any atom is 0.0721 e. The van der Waals surface area contributed by atoms with Crippen molar-refractivity contribution in [3.63, 3.8) is 0 Å². The average Bonchev–Trinajstić information content (AvgIpc) is 2.68. The number of anilines is 1. The van der Waals surface area contributed by atoms with Gasteiger partial charge in [0.2, 0.25) is 0 Å². The maximum atomic E-state index is 6.46. The largest absolute Gasteiger partial charge is 0.398 e. The fraction of sp³-hybridized carbons (Fsp3) is 0.520. The molecule has 6 heteroatoms. The molecule has 3 nitrogen and oxygen atoms in total. The molecule has 2 bridgehead atoms. The first-order valence-corrected chi connectivity index (χ1v) is 11.5. The Kier molecular flexibility index (Phi) is 8.55. The Bertz CT molecular complexity index is 893. The van der Waals surface area contributed by atoms with Crippen LogP contribution in [0.4, 0.5) is 5.69 Å². The summed E-state index contributed by atoms with van der Waals surface area (Å²) in [7, 11) is 0. The Balaban J connectivity index is 0.00000171. The first-order valence-electron chi connectivity index (χ1n) is 10.7. The second-order valence-corrected chi connectivity index (χ2v) is 10.5. The Labute approximate surface area is 208 Å². The lowest BCUT2D eigenvalue weighted by molar-refractivity contribution is -0.0649. The van der Waals surface area contributed by atoms with Gasteiger partial charge in [-0.3, -0.25) is 4.90 Å². The molecule has 1 heterocycles. The van der Waals surface area contributed by atoms with E-state index in [0.29, 0.717) is 12.6 Å². The topological polar surface area (TPSA) is 38.5 Å². The van der Waals surface area contributed by atoms with Gasteiger partial charge in [0.1, 0.15) is 0 Å². The van der Waals surface area contributed by atoms with E-state index in [9.17, 15) is 0 Å². The van der Waals surface area contributed by atoms with Gasteiger partial charge >= 0.3 is 0 Å². The number of hydrogen-bond donors (Lipinski definition) is 1. The summed E-state index contributed by atoms with van der Waals surface area (Å²) in [5, 5.41) is 0. The lowest BCUT2D eigenvalue weighted by atomic mass is 9.51. The zero-order valence-electron chi connectivity index (χ0n) is 18.9. The number of likely N-dealkylation sites (tertiary alicyclic amines) is 1. The molecular weight excluding hydrogens is 495 g/mol. The molecule has 172 valence electrons. The smallest absolute Gasteiger partial charge is 0.0721 e. The minimum absolute atomic E-state index is 0. The molecule has 0 radical (unpaired) electrons. The Morgan fingerprint density at radius 1 is 1.13 bits per heavy atom. The Morgan fingerprint density at radius 2 is 1.81 bits per heavy atom. The number of benzene rings is 2. The standard InChI is InChI=1S/C25H33BrN2O.2ClH/c1-17(29-16-18-8-6-5-7-9-18)15-28-13-12-25(4)23-19(14-22(28)24(25,2)3)21(27)11-10-20(23)26;;/h5-11,17,22H,12-16,27H2,1-4H3;2*1H. The van der Waals surface area contributed by atoms with Crippen molar-refractivity contribution in [3.05, 3.63) is 63.6 Å². The van der Waals surface area contributed by atoms with Crippen LogP contribution in [-0.2, 0) is 23.2 Å². The van der Waals surface area contributed by atoms with Crippen molar-refractivity contribution in [1.82, 2.24) is 4.90 Å². The fourth-order valence-corrected chi connectivity index (χ4v) is 6.37.